The standard InChI is InChI=1S/C14H22N2O/c1-10-8-14(2,3)9-12(10)16-11-6-5-7-15-13(11)17-4/h5-7,10,12,16H,8-9H2,1-4H3. The monoisotopic (exact) mass is 234 g/mol. The van der Waals surface area contributed by atoms with Gasteiger partial charge in [0.15, 0.2) is 0 Å². The first-order chi connectivity index (χ1) is 8.02. The number of nitrogens with one attached hydrogen (secondary N) is 1. The maximum atomic E-state index is 5.27. The van der Waals surface area contributed by atoms with Crippen molar-refractivity contribution < 1.29 is 4.74 Å². The average Bonchev–Trinajstić information content (AvgIpc) is 2.52. The molecule has 1 heterocycles. The zero-order valence-corrected chi connectivity index (χ0v) is 11.2. The van der Waals surface area contributed by atoms with Crippen LogP contribution in [0.5, 0.6) is 5.88 Å². The molecule has 3 nitrogen and oxygen atoms in total. The fourth-order valence-electron chi connectivity index (χ4n) is 2.95. The van der Waals surface area contributed by atoms with Crippen molar-refractivity contribution in [1.29, 1.82) is 0 Å². The summed E-state index contributed by atoms with van der Waals surface area (Å²) in [4.78, 5) is 4.22. The first-order valence-electron chi connectivity index (χ1n) is 6.27. The van der Waals surface area contributed by atoms with Crippen molar-refractivity contribution in [2.45, 2.75) is 39.7 Å². The average molecular weight is 234 g/mol. The lowest BCUT2D eigenvalue weighted by Gasteiger charge is -2.20. The number of hydrogen-bond acceptors (Lipinski definition) is 3. The molecule has 3 heteroatoms. The van der Waals surface area contributed by atoms with Crippen molar-refractivity contribution >= 4 is 5.69 Å². The maximum Gasteiger partial charge on any atom is 0.237 e. The number of hydrogen-bond donors (Lipinski definition) is 1. The molecule has 1 fully saturated rings. The molecule has 1 aromatic rings. The van der Waals surface area contributed by atoms with E-state index in [1.54, 1.807) is 13.3 Å². The van der Waals surface area contributed by atoms with Crippen molar-refractivity contribution in [2.75, 3.05) is 12.4 Å². The van der Waals surface area contributed by atoms with Crippen molar-refractivity contribution in [1.82, 2.24) is 4.98 Å². The molecule has 2 unspecified atom stereocenters. The Labute approximate surface area is 104 Å². The van der Waals surface area contributed by atoms with Gasteiger partial charge in [0.1, 0.15) is 0 Å². The van der Waals surface area contributed by atoms with Crippen molar-refractivity contribution in [3.63, 3.8) is 0 Å². The predicted molar refractivity (Wildman–Crippen MR) is 70.4 cm³/mol. The number of pyridine rings is 1. The number of ether oxygens (including phenoxy) is 1. The van der Waals surface area contributed by atoms with E-state index in [0.717, 1.165) is 5.69 Å². The van der Waals surface area contributed by atoms with Crippen LogP contribution in [0.4, 0.5) is 5.69 Å². The topological polar surface area (TPSA) is 34.1 Å². The molecule has 0 amide bonds. The lowest BCUT2D eigenvalue weighted by Crippen LogP contribution is -2.23. The fourth-order valence-corrected chi connectivity index (χ4v) is 2.95. The van der Waals surface area contributed by atoms with Crippen LogP contribution in [0, 0.1) is 11.3 Å². The summed E-state index contributed by atoms with van der Waals surface area (Å²) in [6, 6.07) is 4.49. The molecule has 0 aromatic carbocycles. The molecule has 0 bridgehead atoms. The second-order valence-electron chi connectivity index (χ2n) is 5.86. The Morgan fingerprint density at radius 2 is 2.18 bits per heavy atom. The van der Waals surface area contributed by atoms with Crippen LogP contribution in [0.1, 0.15) is 33.6 Å². The minimum atomic E-state index is 0.437. The van der Waals surface area contributed by atoms with Crippen LogP contribution in [0.3, 0.4) is 0 Å². The van der Waals surface area contributed by atoms with Crippen LogP contribution < -0.4 is 10.1 Å². The minimum Gasteiger partial charge on any atom is -0.480 e. The van der Waals surface area contributed by atoms with Gasteiger partial charge >= 0.3 is 0 Å². The van der Waals surface area contributed by atoms with Crippen LogP contribution in [0.15, 0.2) is 18.3 Å². The van der Waals surface area contributed by atoms with E-state index in [2.05, 4.69) is 31.1 Å². The predicted octanol–water partition coefficient (Wildman–Crippen LogP) is 3.33. The molecule has 1 N–H and O–H groups in total. The Morgan fingerprint density at radius 1 is 1.41 bits per heavy atom. The quantitative estimate of drug-likeness (QED) is 0.871. The summed E-state index contributed by atoms with van der Waals surface area (Å²) >= 11 is 0. The molecule has 2 rings (SSSR count). The van der Waals surface area contributed by atoms with E-state index < -0.39 is 0 Å². The van der Waals surface area contributed by atoms with Crippen LogP contribution in [0.2, 0.25) is 0 Å². The van der Waals surface area contributed by atoms with Gasteiger partial charge in [0.2, 0.25) is 5.88 Å². The molecule has 1 aliphatic carbocycles. The van der Waals surface area contributed by atoms with Gasteiger partial charge in [-0.25, -0.2) is 4.98 Å². The van der Waals surface area contributed by atoms with E-state index in [0.29, 0.717) is 23.3 Å². The highest BCUT2D eigenvalue weighted by atomic mass is 16.5. The SMILES string of the molecule is COc1ncccc1NC1CC(C)(C)CC1C. The molecule has 94 valence electrons. The highest BCUT2D eigenvalue weighted by molar-refractivity contribution is 5.53. The summed E-state index contributed by atoms with van der Waals surface area (Å²) in [6.07, 6.45) is 4.23. The van der Waals surface area contributed by atoms with Gasteiger partial charge in [-0.1, -0.05) is 20.8 Å². The molecule has 17 heavy (non-hydrogen) atoms. The van der Waals surface area contributed by atoms with E-state index in [1.807, 2.05) is 12.1 Å². The third-order valence-corrected chi connectivity index (χ3v) is 3.64. The molecular weight excluding hydrogens is 212 g/mol. The smallest absolute Gasteiger partial charge is 0.237 e. The van der Waals surface area contributed by atoms with E-state index in [4.69, 9.17) is 4.74 Å². The van der Waals surface area contributed by atoms with Gasteiger partial charge in [0, 0.05) is 12.2 Å². The zero-order valence-electron chi connectivity index (χ0n) is 11.2. The van der Waals surface area contributed by atoms with Crippen LogP contribution in [-0.2, 0) is 0 Å². The van der Waals surface area contributed by atoms with Crippen LogP contribution in [0.25, 0.3) is 0 Å². The Balaban J connectivity index is 2.11. The second-order valence-corrected chi connectivity index (χ2v) is 5.86. The van der Waals surface area contributed by atoms with Gasteiger partial charge < -0.3 is 10.1 Å². The van der Waals surface area contributed by atoms with Gasteiger partial charge in [-0.2, -0.15) is 0 Å². The number of aromatic nitrogens is 1. The molecule has 0 radical (unpaired) electrons. The lowest BCUT2D eigenvalue weighted by atomic mass is 9.91. The third-order valence-electron chi connectivity index (χ3n) is 3.64. The summed E-state index contributed by atoms with van der Waals surface area (Å²) in [7, 11) is 1.66. The van der Waals surface area contributed by atoms with Gasteiger partial charge in [-0.05, 0) is 36.3 Å². The van der Waals surface area contributed by atoms with Crippen LogP contribution >= 0.6 is 0 Å². The summed E-state index contributed by atoms with van der Waals surface area (Å²) < 4.78 is 5.27. The van der Waals surface area contributed by atoms with E-state index >= 15 is 0 Å². The van der Waals surface area contributed by atoms with Gasteiger partial charge in [0.05, 0.1) is 12.8 Å². The zero-order chi connectivity index (χ0) is 12.5. The summed E-state index contributed by atoms with van der Waals surface area (Å²) in [5.41, 5.74) is 1.44. The number of anilines is 1. The maximum absolute atomic E-state index is 5.27. The van der Waals surface area contributed by atoms with Crippen molar-refractivity contribution in [2.24, 2.45) is 11.3 Å². The first-order valence-corrected chi connectivity index (χ1v) is 6.27. The third kappa shape index (κ3) is 2.71. The minimum absolute atomic E-state index is 0.437. The molecular formula is C14H22N2O. The Kier molecular flexibility index (Phi) is 3.27. The summed E-state index contributed by atoms with van der Waals surface area (Å²) in [6.45, 7) is 6.99. The Morgan fingerprint density at radius 3 is 2.76 bits per heavy atom. The number of methoxy groups -OCH3 is 1. The van der Waals surface area contributed by atoms with Crippen molar-refractivity contribution in [3.05, 3.63) is 18.3 Å². The van der Waals surface area contributed by atoms with Gasteiger partial charge in [-0.15, -0.1) is 0 Å². The fraction of sp³-hybridized carbons (Fsp3) is 0.643. The molecule has 0 spiro atoms. The first kappa shape index (κ1) is 12.2. The molecule has 1 aliphatic rings. The normalized spacial score (nSPS) is 26.8. The lowest BCUT2D eigenvalue weighted by molar-refractivity contribution is 0.366. The van der Waals surface area contributed by atoms with E-state index in [-0.39, 0.29) is 0 Å². The van der Waals surface area contributed by atoms with E-state index in [9.17, 15) is 0 Å². The highest BCUT2D eigenvalue weighted by Gasteiger charge is 2.36. The Bertz CT molecular complexity index is 390. The summed E-state index contributed by atoms with van der Waals surface area (Å²) in [5.74, 6) is 1.37. The second kappa shape index (κ2) is 4.55. The van der Waals surface area contributed by atoms with Gasteiger partial charge in [-0.3, -0.25) is 0 Å². The molecule has 1 saturated carbocycles. The van der Waals surface area contributed by atoms with Gasteiger partial charge in [0.25, 0.3) is 0 Å². The summed E-state index contributed by atoms with van der Waals surface area (Å²) in [5, 5.41) is 3.58. The van der Waals surface area contributed by atoms with Crippen LogP contribution in [-0.4, -0.2) is 18.1 Å². The highest BCUT2D eigenvalue weighted by Crippen LogP contribution is 2.42. The molecule has 1 aromatic heterocycles. The molecule has 2 atom stereocenters. The van der Waals surface area contributed by atoms with E-state index in [1.165, 1.54) is 12.8 Å². The number of nitrogens with zero attached hydrogens (tertiary/aromatic N) is 1. The van der Waals surface area contributed by atoms with Crippen molar-refractivity contribution in [3.8, 4) is 5.88 Å². The molecule has 0 aliphatic heterocycles. The largest absolute Gasteiger partial charge is 0.480 e. The Hall–Kier alpha value is -1.25. The molecule has 0 saturated heterocycles. The number of rotatable bonds is 3.